The first-order chi connectivity index (χ1) is 28.5. The minimum Gasteiger partial charge on any atom is -0.455 e. The van der Waals surface area contributed by atoms with E-state index in [1.807, 2.05) is 30.3 Å². The molecule has 0 aliphatic heterocycles. The van der Waals surface area contributed by atoms with Crippen LogP contribution in [-0.2, 0) is 0 Å². The summed E-state index contributed by atoms with van der Waals surface area (Å²) >= 11 is 0. The van der Waals surface area contributed by atoms with Gasteiger partial charge in [-0.15, -0.1) is 0 Å². The van der Waals surface area contributed by atoms with E-state index >= 15 is 0 Å². The molecule has 55 heavy (non-hydrogen) atoms. The van der Waals surface area contributed by atoms with Crippen LogP contribution in [0.25, 0.3) is 131 Å². The van der Waals surface area contributed by atoms with Gasteiger partial charge in [-0.2, -0.15) is 0 Å². The van der Waals surface area contributed by atoms with Crippen molar-refractivity contribution in [2.24, 2.45) is 0 Å². The third kappa shape index (κ3) is 4.02. The van der Waals surface area contributed by atoms with Gasteiger partial charge >= 0.3 is 0 Å². The Morgan fingerprint density at radius 2 is 0.873 bits per heavy atom. The molecule has 0 N–H and O–H groups in total. The molecule has 13 rings (SSSR count). The van der Waals surface area contributed by atoms with Gasteiger partial charge in [0.25, 0.3) is 0 Å². The maximum absolute atomic E-state index is 10.4. The lowest BCUT2D eigenvalue weighted by Gasteiger charge is -2.19. The topological polar surface area (TPSA) is 13.1 Å². The highest BCUT2D eigenvalue weighted by molar-refractivity contribution is 6.27. The summed E-state index contributed by atoms with van der Waals surface area (Å²) in [7, 11) is 0. The van der Waals surface area contributed by atoms with Crippen LogP contribution in [0.2, 0.25) is 0 Å². The lowest BCUT2D eigenvalue weighted by molar-refractivity contribution is 0.672. The summed E-state index contributed by atoms with van der Waals surface area (Å²) in [5.74, 6) is 0. The van der Waals surface area contributed by atoms with E-state index in [1.54, 1.807) is 0 Å². The standard InChI is InChI=1S/C54H30O/c1-2-10-42-31(5-1)15-27-46-48-30-39(21-28-49(48)55-54(42)46)41-23-20-38(40-22-16-36-13-11-32-6-3-8-34-18-25-44(40)52(36)50(32)34)29-47(41)43-24-17-37-14-12-33-7-4-9-35-19-26-45(43)53(37)51(33)35/h1-30H/i20D,23D,29D. The molecule has 12 aromatic carbocycles. The fraction of sp³-hybridized carbons (Fsp3) is 0. The highest BCUT2D eigenvalue weighted by Crippen LogP contribution is 2.46. The van der Waals surface area contributed by atoms with Crippen molar-refractivity contribution in [2.75, 3.05) is 0 Å². The molecule has 0 fully saturated rings. The molecule has 0 saturated heterocycles. The predicted molar refractivity (Wildman–Crippen MR) is 235 cm³/mol. The molecule has 0 aliphatic carbocycles. The summed E-state index contributed by atoms with van der Waals surface area (Å²) in [6, 6.07) is 57.5. The van der Waals surface area contributed by atoms with Gasteiger partial charge in [0.2, 0.25) is 0 Å². The van der Waals surface area contributed by atoms with Crippen molar-refractivity contribution in [3.63, 3.8) is 0 Å². The number of furan rings is 1. The molecule has 0 bridgehead atoms. The molecule has 1 heteroatoms. The van der Waals surface area contributed by atoms with Gasteiger partial charge in [-0.1, -0.05) is 158 Å². The molecule has 0 radical (unpaired) electrons. The van der Waals surface area contributed by atoms with E-state index < -0.39 is 0 Å². The summed E-state index contributed by atoms with van der Waals surface area (Å²) in [4.78, 5) is 0. The van der Waals surface area contributed by atoms with Gasteiger partial charge in [-0.05, 0) is 128 Å². The smallest absolute Gasteiger partial charge is 0.143 e. The summed E-state index contributed by atoms with van der Waals surface area (Å²) in [6.45, 7) is 0. The summed E-state index contributed by atoms with van der Waals surface area (Å²) in [5, 5.41) is 17.6. The van der Waals surface area contributed by atoms with Crippen molar-refractivity contribution < 1.29 is 8.53 Å². The van der Waals surface area contributed by atoms with Crippen molar-refractivity contribution in [1.82, 2.24) is 0 Å². The molecular weight excluding hydrogens is 665 g/mol. The number of benzene rings is 12. The third-order valence-corrected chi connectivity index (χ3v) is 12.1. The van der Waals surface area contributed by atoms with E-state index in [0.29, 0.717) is 16.7 Å². The molecule has 0 aliphatic rings. The molecule has 0 saturated carbocycles. The Kier molecular flexibility index (Phi) is 5.15. The summed E-state index contributed by atoms with van der Waals surface area (Å²) < 4.78 is 36.7. The maximum Gasteiger partial charge on any atom is 0.143 e. The van der Waals surface area contributed by atoms with E-state index in [9.17, 15) is 4.11 Å². The average molecular weight is 698 g/mol. The van der Waals surface area contributed by atoms with Crippen molar-refractivity contribution in [2.45, 2.75) is 0 Å². The molecule has 1 nitrogen and oxygen atoms in total. The van der Waals surface area contributed by atoms with E-state index in [2.05, 4.69) is 133 Å². The van der Waals surface area contributed by atoms with Crippen molar-refractivity contribution in [3.8, 4) is 33.4 Å². The maximum atomic E-state index is 10.4. The van der Waals surface area contributed by atoms with Crippen LogP contribution in [0.15, 0.2) is 186 Å². The second kappa shape index (κ2) is 10.7. The number of fused-ring (bicyclic) bond motifs is 5. The normalized spacial score (nSPS) is 13.1. The highest BCUT2D eigenvalue weighted by Gasteiger charge is 2.19. The number of hydrogen-bond acceptors (Lipinski definition) is 1. The van der Waals surface area contributed by atoms with E-state index in [1.165, 1.54) is 21.5 Å². The molecule has 0 unspecified atom stereocenters. The van der Waals surface area contributed by atoms with Gasteiger partial charge in [-0.3, -0.25) is 0 Å². The van der Waals surface area contributed by atoms with Crippen molar-refractivity contribution >= 4 is 97.3 Å². The fourth-order valence-corrected chi connectivity index (χ4v) is 9.53. The first-order valence-electron chi connectivity index (χ1n) is 20.3. The van der Waals surface area contributed by atoms with Gasteiger partial charge < -0.3 is 4.42 Å². The second-order valence-electron chi connectivity index (χ2n) is 14.9. The van der Waals surface area contributed by atoms with Crippen molar-refractivity contribution in [3.05, 3.63) is 182 Å². The average Bonchev–Trinajstić information content (AvgIpc) is 3.65. The van der Waals surface area contributed by atoms with Gasteiger partial charge in [0.15, 0.2) is 0 Å². The quantitative estimate of drug-likeness (QED) is 0.168. The van der Waals surface area contributed by atoms with Crippen molar-refractivity contribution in [1.29, 1.82) is 0 Å². The van der Waals surface area contributed by atoms with Gasteiger partial charge in [0.05, 0.1) is 4.11 Å². The van der Waals surface area contributed by atoms with Crippen LogP contribution in [0.4, 0.5) is 0 Å². The van der Waals surface area contributed by atoms with E-state index in [-0.39, 0.29) is 18.1 Å². The Morgan fingerprint density at radius 3 is 1.58 bits per heavy atom. The first kappa shape index (κ1) is 26.5. The van der Waals surface area contributed by atoms with E-state index in [4.69, 9.17) is 4.42 Å². The fourth-order valence-electron chi connectivity index (χ4n) is 9.53. The Hall–Kier alpha value is -7.22. The molecule has 0 atom stereocenters. The molecule has 0 spiro atoms. The Bertz CT molecular complexity index is 3860. The monoisotopic (exact) mass is 697 g/mol. The van der Waals surface area contributed by atoms with Crippen LogP contribution in [0.1, 0.15) is 4.11 Å². The largest absolute Gasteiger partial charge is 0.455 e. The molecule has 13 aromatic rings. The Balaban J connectivity index is 1.16. The lowest BCUT2D eigenvalue weighted by Crippen LogP contribution is -1.92. The summed E-state index contributed by atoms with van der Waals surface area (Å²) in [5.41, 5.74) is 5.72. The second-order valence-corrected chi connectivity index (χ2v) is 14.9. The van der Waals surface area contributed by atoms with Gasteiger partial charge in [0.1, 0.15) is 11.2 Å². The highest BCUT2D eigenvalue weighted by atomic mass is 16.3. The Morgan fingerprint density at radius 1 is 0.327 bits per heavy atom. The van der Waals surface area contributed by atoms with Crippen LogP contribution in [0, 0.1) is 0 Å². The third-order valence-electron chi connectivity index (χ3n) is 12.1. The zero-order chi connectivity index (χ0) is 38.4. The van der Waals surface area contributed by atoms with Gasteiger partial charge in [-0.25, -0.2) is 0 Å². The molecule has 0 amide bonds. The van der Waals surface area contributed by atoms with Crippen LogP contribution in [-0.4, -0.2) is 0 Å². The predicted octanol–water partition coefficient (Wildman–Crippen LogP) is 15.5. The minimum absolute atomic E-state index is 0.0413. The molecule has 1 aromatic heterocycles. The zero-order valence-corrected chi connectivity index (χ0v) is 29.5. The zero-order valence-electron chi connectivity index (χ0n) is 32.5. The lowest BCUT2D eigenvalue weighted by atomic mass is 9.84. The first-order valence-corrected chi connectivity index (χ1v) is 18.8. The van der Waals surface area contributed by atoms with Crippen LogP contribution in [0.5, 0.6) is 0 Å². The Labute approximate surface area is 320 Å². The molecular formula is C54H30O. The van der Waals surface area contributed by atoms with Crippen LogP contribution in [0.3, 0.4) is 0 Å². The molecule has 1 heterocycles. The van der Waals surface area contributed by atoms with Crippen LogP contribution < -0.4 is 0 Å². The molecule has 252 valence electrons. The van der Waals surface area contributed by atoms with Crippen LogP contribution >= 0.6 is 0 Å². The number of hydrogen-bond donors (Lipinski definition) is 0. The minimum atomic E-state index is 0.0413. The SMILES string of the molecule is [2H]c1c([2H])c(-c2ccc3oc4c5ccccc5ccc4c3c2)c(-c2ccc3ccc4cccc5ccc2c3c45)c([2H])c1-c1ccc2ccc3cccc4ccc1c2c34. The summed E-state index contributed by atoms with van der Waals surface area (Å²) in [6.07, 6.45) is 0. The van der Waals surface area contributed by atoms with Gasteiger partial charge in [0, 0.05) is 16.2 Å². The number of rotatable bonds is 3. The van der Waals surface area contributed by atoms with E-state index in [0.717, 1.165) is 92.5 Å².